The van der Waals surface area contributed by atoms with Gasteiger partial charge in [0.25, 0.3) is 0 Å². The molecule has 0 unspecified atom stereocenters. The van der Waals surface area contributed by atoms with E-state index in [1.54, 1.807) is 18.2 Å². The van der Waals surface area contributed by atoms with E-state index in [0.717, 1.165) is 5.56 Å². The van der Waals surface area contributed by atoms with E-state index in [2.05, 4.69) is 0 Å². The second-order valence-corrected chi connectivity index (χ2v) is 3.39. The Bertz CT molecular complexity index is 399. The van der Waals surface area contributed by atoms with Crippen molar-refractivity contribution in [2.75, 3.05) is 5.73 Å². The number of hydrogen-bond acceptors (Lipinski definition) is 3. The number of carboxylic acids is 1. The highest BCUT2D eigenvalue weighted by Gasteiger charge is 2.09. The minimum absolute atomic E-state index is 0.0117. The van der Waals surface area contributed by atoms with Crippen LogP contribution >= 0.6 is 0 Å². The molecule has 3 N–H and O–H groups in total. The number of Topliss-reactive ketones (excluding diaryl/α,β-unsaturated/α-hetero) is 1. The number of anilines is 1. The van der Waals surface area contributed by atoms with Gasteiger partial charge in [0.05, 0.1) is 6.42 Å². The number of carboxylic acid groups (broad SMARTS) is 1. The van der Waals surface area contributed by atoms with Crippen molar-refractivity contribution in [3.05, 3.63) is 29.3 Å². The molecule has 0 atom stereocenters. The first kappa shape index (κ1) is 11.2. The number of hydrogen-bond donors (Lipinski definition) is 2. The van der Waals surface area contributed by atoms with Crippen molar-refractivity contribution in [2.45, 2.75) is 19.8 Å². The molecule has 0 fully saturated rings. The third kappa shape index (κ3) is 3.09. The van der Waals surface area contributed by atoms with Crippen LogP contribution < -0.4 is 5.73 Å². The molecule has 0 radical (unpaired) electrons. The minimum atomic E-state index is -0.969. The highest BCUT2D eigenvalue weighted by molar-refractivity contribution is 5.98. The smallest absolute Gasteiger partial charge is 0.303 e. The van der Waals surface area contributed by atoms with Crippen molar-refractivity contribution < 1.29 is 14.7 Å². The van der Waals surface area contributed by atoms with Crippen LogP contribution in [0.3, 0.4) is 0 Å². The van der Waals surface area contributed by atoms with Gasteiger partial charge in [0.1, 0.15) is 0 Å². The summed E-state index contributed by atoms with van der Waals surface area (Å²) in [5, 5.41) is 8.43. The van der Waals surface area contributed by atoms with E-state index in [9.17, 15) is 9.59 Å². The lowest BCUT2D eigenvalue weighted by molar-refractivity contribution is -0.136. The average Bonchev–Trinajstić information content (AvgIpc) is 2.18. The number of ketones is 1. The summed E-state index contributed by atoms with van der Waals surface area (Å²) >= 11 is 0. The molecule has 0 heterocycles. The van der Waals surface area contributed by atoms with Crippen molar-refractivity contribution >= 4 is 17.4 Å². The zero-order valence-corrected chi connectivity index (χ0v) is 8.49. The monoisotopic (exact) mass is 207 g/mol. The summed E-state index contributed by atoms with van der Waals surface area (Å²) in [4.78, 5) is 21.8. The molecular weight excluding hydrogens is 194 g/mol. The predicted octanol–water partition coefficient (Wildman–Crippen LogP) is 1.62. The fourth-order valence-corrected chi connectivity index (χ4v) is 1.18. The van der Waals surface area contributed by atoms with Gasteiger partial charge in [0.2, 0.25) is 0 Å². The summed E-state index contributed by atoms with van der Waals surface area (Å²) in [6.45, 7) is 1.85. The molecule has 15 heavy (non-hydrogen) atoms. The van der Waals surface area contributed by atoms with E-state index in [1.807, 2.05) is 6.92 Å². The Hall–Kier alpha value is -1.84. The van der Waals surface area contributed by atoms with Crippen LogP contribution in [0.15, 0.2) is 18.2 Å². The molecule has 4 heteroatoms. The van der Waals surface area contributed by atoms with E-state index in [1.165, 1.54) is 0 Å². The Morgan fingerprint density at radius 3 is 2.53 bits per heavy atom. The number of aryl methyl sites for hydroxylation is 1. The fraction of sp³-hybridized carbons (Fsp3) is 0.273. The molecule has 0 saturated heterocycles. The number of aliphatic carboxylic acids is 1. The van der Waals surface area contributed by atoms with Crippen LogP contribution in [-0.2, 0) is 4.79 Å². The molecule has 1 aromatic carbocycles. The fourth-order valence-electron chi connectivity index (χ4n) is 1.18. The summed E-state index contributed by atoms with van der Waals surface area (Å²) in [5.74, 6) is -1.16. The van der Waals surface area contributed by atoms with Gasteiger partial charge in [-0.25, -0.2) is 0 Å². The van der Waals surface area contributed by atoms with Crippen LogP contribution in [0, 0.1) is 6.92 Å². The van der Waals surface area contributed by atoms with Gasteiger partial charge in [-0.15, -0.1) is 0 Å². The highest BCUT2D eigenvalue weighted by atomic mass is 16.4. The number of nitrogen functional groups attached to an aromatic ring is 1. The number of nitrogens with two attached hydrogens (primary N) is 1. The van der Waals surface area contributed by atoms with Gasteiger partial charge >= 0.3 is 5.97 Å². The third-order valence-corrected chi connectivity index (χ3v) is 2.17. The molecule has 0 saturated carbocycles. The van der Waals surface area contributed by atoms with Gasteiger partial charge in [-0.05, 0) is 18.6 Å². The topological polar surface area (TPSA) is 80.4 Å². The van der Waals surface area contributed by atoms with Crippen molar-refractivity contribution in [1.29, 1.82) is 0 Å². The molecule has 1 rings (SSSR count). The lowest BCUT2D eigenvalue weighted by atomic mass is 10.0. The molecule has 0 spiro atoms. The normalized spacial score (nSPS) is 9.93. The van der Waals surface area contributed by atoms with E-state index in [0.29, 0.717) is 11.3 Å². The Balaban J connectivity index is 2.74. The molecule has 80 valence electrons. The van der Waals surface area contributed by atoms with E-state index in [4.69, 9.17) is 10.8 Å². The molecule has 0 amide bonds. The van der Waals surface area contributed by atoms with Crippen LogP contribution in [-0.4, -0.2) is 16.9 Å². The van der Waals surface area contributed by atoms with Crippen LogP contribution in [0.25, 0.3) is 0 Å². The van der Waals surface area contributed by atoms with Gasteiger partial charge < -0.3 is 10.8 Å². The molecule has 0 aliphatic rings. The first-order chi connectivity index (χ1) is 7.00. The van der Waals surface area contributed by atoms with Crippen LogP contribution in [0.5, 0.6) is 0 Å². The molecule has 1 aromatic rings. The van der Waals surface area contributed by atoms with Crippen LogP contribution in [0.2, 0.25) is 0 Å². The van der Waals surface area contributed by atoms with Gasteiger partial charge in [-0.1, -0.05) is 12.1 Å². The third-order valence-electron chi connectivity index (χ3n) is 2.17. The maximum atomic E-state index is 11.5. The molecule has 4 nitrogen and oxygen atoms in total. The Morgan fingerprint density at radius 1 is 1.33 bits per heavy atom. The van der Waals surface area contributed by atoms with E-state index >= 15 is 0 Å². The SMILES string of the molecule is Cc1ccc(C(=O)CCC(=O)O)cc1N. The average molecular weight is 207 g/mol. The number of carbonyl (C=O) groups excluding carboxylic acids is 1. The first-order valence-corrected chi connectivity index (χ1v) is 4.62. The Morgan fingerprint density at radius 2 is 2.00 bits per heavy atom. The van der Waals surface area contributed by atoms with Crippen molar-refractivity contribution in [3.8, 4) is 0 Å². The Kier molecular flexibility index (Phi) is 3.44. The summed E-state index contributed by atoms with van der Waals surface area (Å²) in [7, 11) is 0. The molecule has 0 aliphatic heterocycles. The highest BCUT2D eigenvalue weighted by Crippen LogP contribution is 2.14. The quantitative estimate of drug-likeness (QED) is 0.580. The predicted molar refractivity (Wildman–Crippen MR) is 56.8 cm³/mol. The Labute approximate surface area is 87.7 Å². The van der Waals surface area contributed by atoms with Crippen molar-refractivity contribution in [1.82, 2.24) is 0 Å². The van der Waals surface area contributed by atoms with E-state index in [-0.39, 0.29) is 18.6 Å². The summed E-state index contributed by atoms with van der Waals surface area (Å²) < 4.78 is 0. The summed E-state index contributed by atoms with van der Waals surface area (Å²) in [6, 6.07) is 5.00. The van der Waals surface area contributed by atoms with E-state index < -0.39 is 5.97 Å². The number of rotatable bonds is 4. The number of carbonyl (C=O) groups is 2. The van der Waals surface area contributed by atoms with Crippen LogP contribution in [0.4, 0.5) is 5.69 Å². The van der Waals surface area contributed by atoms with Crippen molar-refractivity contribution in [2.24, 2.45) is 0 Å². The van der Waals surface area contributed by atoms with Gasteiger partial charge in [0, 0.05) is 17.7 Å². The van der Waals surface area contributed by atoms with Gasteiger partial charge in [-0.2, -0.15) is 0 Å². The first-order valence-electron chi connectivity index (χ1n) is 4.62. The maximum Gasteiger partial charge on any atom is 0.303 e. The molecular formula is C11H13NO3. The lowest BCUT2D eigenvalue weighted by Gasteiger charge is -2.03. The van der Waals surface area contributed by atoms with Gasteiger partial charge in [0.15, 0.2) is 5.78 Å². The van der Waals surface area contributed by atoms with Crippen molar-refractivity contribution in [3.63, 3.8) is 0 Å². The minimum Gasteiger partial charge on any atom is -0.481 e. The second-order valence-electron chi connectivity index (χ2n) is 3.39. The van der Waals surface area contributed by atoms with Crippen LogP contribution in [0.1, 0.15) is 28.8 Å². The zero-order chi connectivity index (χ0) is 11.4. The number of benzene rings is 1. The zero-order valence-electron chi connectivity index (χ0n) is 8.49. The molecule has 0 bridgehead atoms. The largest absolute Gasteiger partial charge is 0.481 e. The molecule has 0 aromatic heterocycles. The lowest BCUT2D eigenvalue weighted by Crippen LogP contribution is -2.04. The maximum absolute atomic E-state index is 11.5. The standard InChI is InChI=1S/C11H13NO3/c1-7-2-3-8(6-9(7)12)10(13)4-5-11(14)15/h2-3,6H,4-5,12H2,1H3,(H,14,15). The summed E-state index contributed by atoms with van der Waals surface area (Å²) in [5.41, 5.74) is 7.58. The van der Waals surface area contributed by atoms with Gasteiger partial charge in [-0.3, -0.25) is 9.59 Å². The molecule has 0 aliphatic carbocycles. The second kappa shape index (κ2) is 4.59. The summed E-state index contributed by atoms with van der Waals surface area (Å²) in [6.07, 6.45) is -0.134.